The van der Waals surface area contributed by atoms with Crippen LogP contribution in [0.3, 0.4) is 0 Å². The first-order valence-corrected chi connectivity index (χ1v) is 8.97. The number of carbonyl (C=O) groups is 2. The molecule has 0 saturated heterocycles. The van der Waals surface area contributed by atoms with Crippen molar-refractivity contribution >= 4 is 17.8 Å². The molecule has 1 aliphatic heterocycles. The molecule has 1 atom stereocenters. The number of likely N-dealkylation sites (N-methyl/N-ethyl adjacent to an activating group) is 1. The van der Waals surface area contributed by atoms with E-state index in [0.29, 0.717) is 24.5 Å². The lowest BCUT2D eigenvalue weighted by Crippen LogP contribution is -2.47. The van der Waals surface area contributed by atoms with Crippen LogP contribution in [0.2, 0.25) is 0 Å². The maximum absolute atomic E-state index is 13.3. The smallest absolute Gasteiger partial charge is 0.272 e. The molecule has 0 spiro atoms. The predicted molar refractivity (Wildman–Crippen MR) is 99.2 cm³/mol. The first-order chi connectivity index (χ1) is 13.9. The number of hydrogen-bond donors (Lipinski definition) is 1. The molecule has 0 aliphatic carbocycles. The Morgan fingerprint density at radius 1 is 1.28 bits per heavy atom. The van der Waals surface area contributed by atoms with Crippen molar-refractivity contribution in [2.24, 2.45) is 0 Å². The van der Waals surface area contributed by atoms with E-state index in [0.717, 1.165) is 12.1 Å². The summed E-state index contributed by atoms with van der Waals surface area (Å²) in [4.78, 5) is 34.8. The average Bonchev–Trinajstić information content (AvgIpc) is 3.34. The number of anilines is 1. The van der Waals surface area contributed by atoms with Crippen LogP contribution in [0.25, 0.3) is 0 Å². The number of aromatic nitrogens is 4. The summed E-state index contributed by atoms with van der Waals surface area (Å²) in [7, 11) is 1.61. The quantitative estimate of drug-likeness (QED) is 0.721. The second kappa shape index (κ2) is 7.46. The van der Waals surface area contributed by atoms with Gasteiger partial charge in [0.2, 0.25) is 5.95 Å². The zero-order valence-electron chi connectivity index (χ0n) is 15.5. The zero-order valence-corrected chi connectivity index (χ0v) is 15.5. The van der Waals surface area contributed by atoms with Gasteiger partial charge in [-0.3, -0.25) is 14.5 Å². The topological polar surface area (TPSA) is 85.0 Å². The fourth-order valence-electron chi connectivity index (χ4n) is 3.28. The molecule has 4 rings (SSSR count). The van der Waals surface area contributed by atoms with Crippen LogP contribution in [0.1, 0.15) is 22.5 Å². The van der Waals surface area contributed by atoms with Crippen LogP contribution in [0.15, 0.2) is 43.1 Å². The standard InChI is InChI=1S/C19H18F2N6O2/c1-25-18(29)15(4-6-27-7-5-22-19(25)27)24-17(28)16-10-26(11-23-16)9-12-2-3-13(20)14(21)8-12/h2-3,5,7-8,10-11,15H,4,6,9H2,1H3,(H,24,28). The van der Waals surface area contributed by atoms with E-state index in [9.17, 15) is 18.4 Å². The summed E-state index contributed by atoms with van der Waals surface area (Å²) in [5.41, 5.74) is 0.660. The van der Waals surface area contributed by atoms with E-state index in [-0.39, 0.29) is 18.1 Å². The van der Waals surface area contributed by atoms with Gasteiger partial charge in [0.05, 0.1) is 6.33 Å². The number of nitrogens with one attached hydrogen (secondary N) is 1. The van der Waals surface area contributed by atoms with Crippen molar-refractivity contribution in [2.75, 3.05) is 11.9 Å². The molecule has 0 bridgehead atoms. The number of amides is 2. The van der Waals surface area contributed by atoms with Crippen LogP contribution in [-0.4, -0.2) is 44.0 Å². The number of imidazole rings is 2. The highest BCUT2D eigenvalue weighted by Gasteiger charge is 2.30. The summed E-state index contributed by atoms with van der Waals surface area (Å²) in [6, 6.07) is 2.90. The van der Waals surface area contributed by atoms with Gasteiger partial charge in [0.1, 0.15) is 11.7 Å². The first-order valence-electron chi connectivity index (χ1n) is 8.97. The van der Waals surface area contributed by atoms with Crippen LogP contribution >= 0.6 is 0 Å². The van der Waals surface area contributed by atoms with Gasteiger partial charge in [-0.2, -0.15) is 0 Å². The third kappa shape index (κ3) is 3.73. The van der Waals surface area contributed by atoms with Gasteiger partial charge in [-0.1, -0.05) is 6.07 Å². The van der Waals surface area contributed by atoms with E-state index < -0.39 is 23.6 Å². The summed E-state index contributed by atoms with van der Waals surface area (Å²) in [6.07, 6.45) is 6.74. The van der Waals surface area contributed by atoms with E-state index in [1.807, 2.05) is 4.57 Å². The van der Waals surface area contributed by atoms with Crippen molar-refractivity contribution in [2.45, 2.75) is 25.6 Å². The van der Waals surface area contributed by atoms with Crippen molar-refractivity contribution in [3.05, 3.63) is 66.0 Å². The van der Waals surface area contributed by atoms with E-state index in [2.05, 4.69) is 15.3 Å². The molecule has 3 aromatic rings. The Labute approximate surface area is 164 Å². The minimum absolute atomic E-state index is 0.130. The molecule has 0 radical (unpaired) electrons. The number of rotatable bonds is 4. The molecule has 29 heavy (non-hydrogen) atoms. The average molecular weight is 400 g/mol. The largest absolute Gasteiger partial charge is 0.339 e. The molecule has 2 amide bonds. The summed E-state index contributed by atoms with van der Waals surface area (Å²) in [6.45, 7) is 0.768. The molecule has 8 nitrogen and oxygen atoms in total. The van der Waals surface area contributed by atoms with Gasteiger partial charge in [-0.05, 0) is 24.1 Å². The number of halogens is 2. The van der Waals surface area contributed by atoms with Gasteiger partial charge in [-0.25, -0.2) is 18.7 Å². The molecule has 1 N–H and O–H groups in total. The normalized spacial score (nSPS) is 16.4. The Morgan fingerprint density at radius 2 is 2.10 bits per heavy atom. The van der Waals surface area contributed by atoms with Gasteiger partial charge in [0.15, 0.2) is 11.6 Å². The molecule has 2 aromatic heterocycles. The minimum atomic E-state index is -0.934. The van der Waals surface area contributed by atoms with Crippen LogP contribution in [-0.2, 0) is 17.9 Å². The maximum Gasteiger partial charge on any atom is 0.272 e. The Balaban J connectivity index is 1.43. The van der Waals surface area contributed by atoms with Gasteiger partial charge in [-0.15, -0.1) is 0 Å². The molecule has 1 aromatic carbocycles. The number of carbonyl (C=O) groups excluding carboxylic acids is 2. The van der Waals surface area contributed by atoms with E-state index in [4.69, 9.17) is 0 Å². The number of nitrogens with zero attached hydrogens (tertiary/aromatic N) is 5. The van der Waals surface area contributed by atoms with Crippen molar-refractivity contribution in [1.82, 2.24) is 24.4 Å². The summed E-state index contributed by atoms with van der Waals surface area (Å²) in [5, 5.41) is 2.72. The molecule has 0 saturated carbocycles. The number of benzene rings is 1. The highest BCUT2D eigenvalue weighted by molar-refractivity contribution is 6.00. The first kappa shape index (κ1) is 18.8. The number of fused-ring (bicyclic) bond motifs is 1. The van der Waals surface area contributed by atoms with E-state index >= 15 is 0 Å². The Kier molecular flexibility index (Phi) is 4.83. The summed E-state index contributed by atoms with van der Waals surface area (Å²) in [5.74, 6) is -2.07. The van der Waals surface area contributed by atoms with Crippen molar-refractivity contribution in [3.8, 4) is 0 Å². The monoisotopic (exact) mass is 400 g/mol. The highest BCUT2D eigenvalue weighted by Crippen LogP contribution is 2.18. The summed E-state index contributed by atoms with van der Waals surface area (Å²) < 4.78 is 29.8. The predicted octanol–water partition coefficient (Wildman–Crippen LogP) is 1.57. The van der Waals surface area contributed by atoms with Crippen LogP contribution in [0, 0.1) is 11.6 Å². The highest BCUT2D eigenvalue weighted by atomic mass is 19.2. The molecular weight excluding hydrogens is 382 g/mol. The SMILES string of the molecule is CN1C(=O)C(NC(=O)c2cn(Cc3ccc(F)c(F)c3)cn2)CCn2ccnc21. The fourth-order valence-corrected chi connectivity index (χ4v) is 3.28. The number of hydrogen-bond acceptors (Lipinski definition) is 4. The van der Waals surface area contributed by atoms with Gasteiger partial charge in [0, 0.05) is 38.7 Å². The van der Waals surface area contributed by atoms with Crippen LogP contribution < -0.4 is 10.2 Å². The van der Waals surface area contributed by atoms with E-state index in [1.54, 1.807) is 24.0 Å². The second-order valence-electron chi connectivity index (χ2n) is 6.81. The lowest BCUT2D eigenvalue weighted by atomic mass is 10.2. The van der Waals surface area contributed by atoms with Crippen LogP contribution in [0.4, 0.5) is 14.7 Å². The third-order valence-electron chi connectivity index (χ3n) is 4.80. The van der Waals surface area contributed by atoms with E-state index in [1.165, 1.54) is 23.5 Å². The van der Waals surface area contributed by atoms with Crippen molar-refractivity contribution in [3.63, 3.8) is 0 Å². The molecule has 10 heteroatoms. The molecular formula is C19H18F2N6O2. The van der Waals surface area contributed by atoms with Gasteiger partial charge >= 0.3 is 0 Å². The second-order valence-corrected chi connectivity index (χ2v) is 6.81. The molecule has 0 fully saturated rings. The van der Waals surface area contributed by atoms with Gasteiger partial charge < -0.3 is 14.5 Å². The maximum atomic E-state index is 13.3. The zero-order chi connectivity index (χ0) is 20.5. The fraction of sp³-hybridized carbons (Fsp3) is 0.263. The molecule has 1 unspecified atom stereocenters. The van der Waals surface area contributed by atoms with Crippen molar-refractivity contribution < 1.29 is 18.4 Å². The lowest BCUT2D eigenvalue weighted by molar-refractivity contribution is -0.120. The molecule has 3 heterocycles. The Bertz CT molecular complexity index is 1080. The number of aryl methyl sites for hydroxylation is 1. The Hall–Kier alpha value is -3.56. The van der Waals surface area contributed by atoms with Crippen molar-refractivity contribution in [1.29, 1.82) is 0 Å². The molecule has 1 aliphatic rings. The van der Waals surface area contributed by atoms with Crippen LogP contribution in [0.5, 0.6) is 0 Å². The minimum Gasteiger partial charge on any atom is -0.339 e. The Morgan fingerprint density at radius 3 is 2.90 bits per heavy atom. The van der Waals surface area contributed by atoms with Gasteiger partial charge in [0.25, 0.3) is 11.8 Å². The third-order valence-corrected chi connectivity index (χ3v) is 4.80. The molecule has 150 valence electrons. The summed E-state index contributed by atoms with van der Waals surface area (Å²) >= 11 is 0. The lowest BCUT2D eigenvalue weighted by Gasteiger charge is -2.19.